The van der Waals surface area contributed by atoms with Gasteiger partial charge in [-0.2, -0.15) is 0 Å². The van der Waals surface area contributed by atoms with E-state index in [2.05, 4.69) is 41.5 Å². The number of aliphatic hydroxyl groups is 1. The smallest absolute Gasteiger partial charge is 0.462 e. The summed E-state index contributed by atoms with van der Waals surface area (Å²) in [6, 6.07) is 0. The summed E-state index contributed by atoms with van der Waals surface area (Å²) in [5.41, 5.74) is 0. The summed E-state index contributed by atoms with van der Waals surface area (Å²) in [5.74, 6) is -0.642. The van der Waals surface area contributed by atoms with Gasteiger partial charge in [0.2, 0.25) is 0 Å². The van der Waals surface area contributed by atoms with Gasteiger partial charge in [-0.25, -0.2) is 9.13 Å². The zero-order valence-corrected chi connectivity index (χ0v) is 63.8. The quantitative estimate of drug-likeness (QED) is 0.0222. The summed E-state index contributed by atoms with van der Waals surface area (Å²) in [6.07, 6.45) is 55.7. The molecule has 3 N–H and O–H groups in total. The highest BCUT2D eigenvalue weighted by Crippen LogP contribution is 2.45. The maximum absolute atomic E-state index is 13.1. The van der Waals surface area contributed by atoms with Gasteiger partial charge in [-0.3, -0.25) is 37.3 Å². The number of carbonyl (C=O) groups is 4. The number of rotatable bonds is 75. The summed E-state index contributed by atoms with van der Waals surface area (Å²) in [6.45, 7) is 9.52. The number of hydrogen-bond acceptors (Lipinski definition) is 15. The molecule has 0 rings (SSSR count). The number of phosphoric acid groups is 2. The minimum Gasteiger partial charge on any atom is -0.462 e. The Morgan fingerprint density at radius 3 is 0.800 bits per heavy atom. The van der Waals surface area contributed by atoms with E-state index in [1.165, 1.54) is 212 Å². The Balaban J connectivity index is 5.17. The van der Waals surface area contributed by atoms with Crippen LogP contribution < -0.4 is 0 Å². The topological polar surface area (TPSA) is 237 Å². The van der Waals surface area contributed by atoms with Crippen LogP contribution in [0.5, 0.6) is 0 Å². The van der Waals surface area contributed by atoms with Gasteiger partial charge in [0, 0.05) is 25.7 Å². The second kappa shape index (κ2) is 67.9. The maximum atomic E-state index is 13.1. The molecule has 564 valence electrons. The molecule has 0 aliphatic heterocycles. The number of phosphoric ester groups is 2. The van der Waals surface area contributed by atoms with E-state index in [1.807, 2.05) is 0 Å². The van der Waals surface area contributed by atoms with Gasteiger partial charge in [0.15, 0.2) is 12.2 Å². The Kier molecular flexibility index (Phi) is 66.5. The van der Waals surface area contributed by atoms with E-state index in [4.69, 9.17) is 37.0 Å². The second-order valence-electron chi connectivity index (χ2n) is 28.1. The van der Waals surface area contributed by atoms with Crippen molar-refractivity contribution in [1.29, 1.82) is 0 Å². The third-order valence-corrected chi connectivity index (χ3v) is 20.0. The maximum Gasteiger partial charge on any atom is 0.472 e. The molecule has 95 heavy (non-hydrogen) atoms. The van der Waals surface area contributed by atoms with E-state index in [-0.39, 0.29) is 25.7 Å². The van der Waals surface area contributed by atoms with Crippen molar-refractivity contribution >= 4 is 39.5 Å². The highest BCUT2D eigenvalue weighted by atomic mass is 31.2. The predicted octanol–water partition coefficient (Wildman–Crippen LogP) is 22.3. The summed E-state index contributed by atoms with van der Waals surface area (Å²) in [4.78, 5) is 72.7. The first-order chi connectivity index (χ1) is 45.9. The fraction of sp³-hybridized carbons (Fsp3) is 0.947. The third kappa shape index (κ3) is 69.0. The van der Waals surface area contributed by atoms with E-state index in [0.717, 1.165) is 102 Å². The Morgan fingerprint density at radius 2 is 0.537 bits per heavy atom. The van der Waals surface area contributed by atoms with Gasteiger partial charge in [0.1, 0.15) is 19.3 Å². The summed E-state index contributed by atoms with van der Waals surface area (Å²) in [7, 11) is -9.91. The Morgan fingerprint density at radius 1 is 0.305 bits per heavy atom. The second-order valence-corrected chi connectivity index (χ2v) is 31.0. The molecule has 19 heteroatoms. The molecule has 17 nitrogen and oxygen atoms in total. The molecule has 0 aromatic rings. The minimum absolute atomic E-state index is 0.103. The molecule has 0 aliphatic rings. The molecule has 0 aromatic heterocycles. The lowest BCUT2D eigenvalue weighted by Crippen LogP contribution is -2.30. The SMILES string of the molecule is CCCCCCCCCCCCCCCCCCCCCCCCC(=O)O[C@H](COC(=O)CCCCCCCCCCCCC(C)C)COP(=O)(O)OC[C@@H](O)COP(=O)(O)OC[C@@H](COC(=O)CCCCCCCCCCCC)OC(=O)CCCCCCCCC(C)CC. The van der Waals surface area contributed by atoms with Crippen LogP contribution in [0.4, 0.5) is 0 Å². The predicted molar refractivity (Wildman–Crippen MR) is 386 cm³/mol. The lowest BCUT2D eigenvalue weighted by atomic mass is 10.00. The molecule has 0 bridgehead atoms. The van der Waals surface area contributed by atoms with Crippen LogP contribution in [0.2, 0.25) is 0 Å². The Labute approximate surface area is 581 Å². The first kappa shape index (κ1) is 93.1. The van der Waals surface area contributed by atoms with E-state index < -0.39 is 97.5 Å². The molecule has 0 aliphatic carbocycles. The molecule has 0 radical (unpaired) electrons. The zero-order valence-electron chi connectivity index (χ0n) is 62.0. The van der Waals surface area contributed by atoms with Crippen LogP contribution in [0.15, 0.2) is 0 Å². The Hall–Kier alpha value is -1.94. The first-order valence-electron chi connectivity index (χ1n) is 39.5. The molecule has 0 saturated heterocycles. The van der Waals surface area contributed by atoms with Crippen LogP contribution in [-0.4, -0.2) is 96.7 Å². The van der Waals surface area contributed by atoms with Crippen molar-refractivity contribution in [2.45, 2.75) is 413 Å². The van der Waals surface area contributed by atoms with Crippen molar-refractivity contribution < 1.29 is 80.2 Å². The average Bonchev–Trinajstić information content (AvgIpc) is 3.59. The molecule has 0 fully saturated rings. The molecular weight excluding hydrogens is 1250 g/mol. The molecule has 0 aromatic carbocycles. The molecule has 0 spiro atoms. The molecule has 0 amide bonds. The standard InChI is InChI=1S/C76H148O17P2/c1-7-10-12-14-16-18-20-21-22-23-24-25-26-27-28-29-30-31-37-41-48-54-60-75(80)92-71(64-86-74(79)59-53-47-40-36-33-32-34-38-44-50-56-68(4)5)66-90-94(82,83)88-62-70(77)63-89-95(84,85)91-67-72(93-76(81)61-55-49-43-42-45-51-57-69(6)9-3)65-87-73(78)58-52-46-39-35-19-17-15-13-11-8-2/h68-72,77H,7-67H2,1-6H3,(H,82,83)(H,84,85)/t69?,70-,71-,72-/m1/s1. The van der Waals surface area contributed by atoms with Crippen LogP contribution >= 0.6 is 15.6 Å². The number of carbonyl (C=O) groups excluding carboxylic acids is 4. The summed E-state index contributed by atoms with van der Waals surface area (Å²) >= 11 is 0. The molecule has 3 unspecified atom stereocenters. The van der Waals surface area contributed by atoms with Gasteiger partial charge in [-0.05, 0) is 37.5 Å². The van der Waals surface area contributed by atoms with E-state index >= 15 is 0 Å². The van der Waals surface area contributed by atoms with Gasteiger partial charge < -0.3 is 33.8 Å². The minimum atomic E-state index is -4.96. The van der Waals surface area contributed by atoms with Crippen LogP contribution in [0.3, 0.4) is 0 Å². The van der Waals surface area contributed by atoms with Crippen LogP contribution in [0.25, 0.3) is 0 Å². The normalized spacial score (nSPS) is 14.3. The summed E-state index contributed by atoms with van der Waals surface area (Å²) in [5, 5.41) is 10.6. The fourth-order valence-corrected chi connectivity index (χ4v) is 13.2. The highest BCUT2D eigenvalue weighted by Gasteiger charge is 2.30. The van der Waals surface area contributed by atoms with Crippen LogP contribution in [0.1, 0.15) is 395 Å². The zero-order chi connectivity index (χ0) is 70.0. The third-order valence-electron chi connectivity index (χ3n) is 18.1. The number of esters is 4. The van der Waals surface area contributed by atoms with Gasteiger partial charge in [-0.1, -0.05) is 343 Å². The number of hydrogen-bond donors (Lipinski definition) is 3. The largest absolute Gasteiger partial charge is 0.472 e. The van der Waals surface area contributed by atoms with Gasteiger partial charge >= 0.3 is 39.5 Å². The van der Waals surface area contributed by atoms with Crippen molar-refractivity contribution in [2.24, 2.45) is 11.8 Å². The van der Waals surface area contributed by atoms with Crippen LogP contribution in [0, 0.1) is 11.8 Å². The van der Waals surface area contributed by atoms with Crippen molar-refractivity contribution in [3.8, 4) is 0 Å². The van der Waals surface area contributed by atoms with Crippen molar-refractivity contribution in [1.82, 2.24) is 0 Å². The fourth-order valence-electron chi connectivity index (χ4n) is 11.6. The van der Waals surface area contributed by atoms with Gasteiger partial charge in [0.25, 0.3) is 0 Å². The van der Waals surface area contributed by atoms with Gasteiger partial charge in [0.05, 0.1) is 26.4 Å². The van der Waals surface area contributed by atoms with Gasteiger partial charge in [-0.15, -0.1) is 0 Å². The average molecular weight is 1400 g/mol. The number of unbranched alkanes of at least 4 members (excludes halogenated alkanes) is 44. The monoisotopic (exact) mass is 1400 g/mol. The summed E-state index contributed by atoms with van der Waals surface area (Å²) < 4.78 is 68.4. The van der Waals surface area contributed by atoms with Crippen molar-refractivity contribution in [2.75, 3.05) is 39.6 Å². The van der Waals surface area contributed by atoms with E-state index in [9.17, 15) is 43.2 Å². The highest BCUT2D eigenvalue weighted by molar-refractivity contribution is 7.47. The van der Waals surface area contributed by atoms with E-state index in [1.54, 1.807) is 0 Å². The number of ether oxygens (including phenoxy) is 4. The van der Waals surface area contributed by atoms with Crippen LogP contribution in [-0.2, 0) is 65.4 Å². The molecule has 6 atom stereocenters. The molecular formula is C76H148O17P2. The number of aliphatic hydroxyl groups excluding tert-OH is 1. The Bertz CT molecular complexity index is 1840. The van der Waals surface area contributed by atoms with Crippen molar-refractivity contribution in [3.63, 3.8) is 0 Å². The van der Waals surface area contributed by atoms with E-state index in [0.29, 0.717) is 25.7 Å². The lowest BCUT2D eigenvalue weighted by molar-refractivity contribution is -0.161. The lowest BCUT2D eigenvalue weighted by Gasteiger charge is -2.21. The molecule has 0 saturated carbocycles. The van der Waals surface area contributed by atoms with Crippen molar-refractivity contribution in [3.05, 3.63) is 0 Å². The first-order valence-corrected chi connectivity index (χ1v) is 42.5. The molecule has 0 heterocycles.